The Morgan fingerprint density at radius 1 is 1.21 bits per heavy atom. The topological polar surface area (TPSA) is 42.4 Å². The minimum atomic E-state index is -0.0558. The van der Waals surface area contributed by atoms with E-state index in [-0.39, 0.29) is 5.91 Å². The van der Waals surface area contributed by atoms with Crippen LogP contribution in [0.1, 0.15) is 43.0 Å². The lowest BCUT2D eigenvalue weighted by Crippen LogP contribution is -2.31. The molecule has 1 aromatic carbocycles. The van der Waals surface area contributed by atoms with Crippen molar-refractivity contribution in [2.75, 3.05) is 11.4 Å². The van der Waals surface area contributed by atoms with Gasteiger partial charge < -0.3 is 4.74 Å². The van der Waals surface area contributed by atoms with Crippen LogP contribution in [0.25, 0.3) is 0 Å². The Kier molecular flexibility index (Phi) is 5.51. The van der Waals surface area contributed by atoms with Crippen molar-refractivity contribution >= 4 is 27.7 Å². The number of anilines is 1. The van der Waals surface area contributed by atoms with Crippen LogP contribution in [0.2, 0.25) is 0 Å². The van der Waals surface area contributed by atoms with Crippen molar-refractivity contribution in [1.29, 1.82) is 0 Å². The number of benzene rings is 1. The molecule has 126 valence electrons. The summed E-state index contributed by atoms with van der Waals surface area (Å²) in [4.78, 5) is 18.7. The third kappa shape index (κ3) is 3.96. The van der Waals surface area contributed by atoms with Gasteiger partial charge in [0.2, 0.25) is 0 Å². The highest BCUT2D eigenvalue weighted by atomic mass is 79.9. The van der Waals surface area contributed by atoms with E-state index in [9.17, 15) is 4.79 Å². The van der Waals surface area contributed by atoms with E-state index in [1.807, 2.05) is 43.3 Å². The fourth-order valence-corrected chi connectivity index (χ4v) is 3.20. The summed E-state index contributed by atoms with van der Waals surface area (Å²) in [5, 5.41) is 0. The van der Waals surface area contributed by atoms with Crippen molar-refractivity contribution in [1.82, 2.24) is 4.98 Å². The lowest BCUT2D eigenvalue weighted by molar-refractivity contribution is 0.0987. The fourth-order valence-electron chi connectivity index (χ4n) is 2.97. The first kappa shape index (κ1) is 17.0. The van der Waals surface area contributed by atoms with Crippen LogP contribution in [0.3, 0.4) is 0 Å². The van der Waals surface area contributed by atoms with Crippen LogP contribution >= 0.6 is 15.9 Å². The molecule has 1 aliphatic carbocycles. The first-order chi connectivity index (χ1) is 11.7. The number of hydrogen-bond acceptors (Lipinski definition) is 3. The number of carbonyl (C=O) groups is 1. The van der Waals surface area contributed by atoms with E-state index in [2.05, 4.69) is 20.9 Å². The average molecular weight is 389 g/mol. The van der Waals surface area contributed by atoms with Crippen molar-refractivity contribution in [3.8, 4) is 5.75 Å². The third-order valence-electron chi connectivity index (χ3n) is 4.26. The van der Waals surface area contributed by atoms with Crippen molar-refractivity contribution in [2.45, 2.75) is 38.7 Å². The van der Waals surface area contributed by atoms with Gasteiger partial charge in [0, 0.05) is 22.8 Å². The summed E-state index contributed by atoms with van der Waals surface area (Å²) in [7, 11) is 0. The molecule has 0 saturated heterocycles. The largest absolute Gasteiger partial charge is 0.490 e. The molecule has 1 amide bonds. The molecular weight excluding hydrogens is 368 g/mol. The Morgan fingerprint density at radius 3 is 2.50 bits per heavy atom. The molecule has 0 aliphatic heterocycles. The van der Waals surface area contributed by atoms with E-state index in [1.54, 1.807) is 11.1 Å². The van der Waals surface area contributed by atoms with E-state index in [4.69, 9.17) is 4.74 Å². The zero-order valence-corrected chi connectivity index (χ0v) is 15.3. The highest BCUT2D eigenvalue weighted by Gasteiger charge is 2.19. The van der Waals surface area contributed by atoms with E-state index in [0.29, 0.717) is 24.0 Å². The zero-order chi connectivity index (χ0) is 16.9. The van der Waals surface area contributed by atoms with E-state index >= 15 is 0 Å². The van der Waals surface area contributed by atoms with E-state index in [1.165, 1.54) is 12.8 Å². The van der Waals surface area contributed by atoms with Gasteiger partial charge in [0.05, 0.1) is 6.10 Å². The van der Waals surface area contributed by atoms with Crippen LogP contribution in [0.15, 0.2) is 47.1 Å². The number of rotatable bonds is 5. The number of nitrogens with zero attached hydrogens (tertiary/aromatic N) is 2. The predicted molar refractivity (Wildman–Crippen MR) is 98.6 cm³/mol. The van der Waals surface area contributed by atoms with Crippen molar-refractivity contribution < 1.29 is 9.53 Å². The molecule has 2 aromatic rings. The normalized spacial score (nSPS) is 14.6. The fraction of sp³-hybridized carbons (Fsp3) is 0.368. The number of hydrogen-bond donors (Lipinski definition) is 0. The van der Waals surface area contributed by atoms with Gasteiger partial charge in [-0.2, -0.15) is 0 Å². The molecule has 0 N–H and O–H groups in total. The van der Waals surface area contributed by atoms with Crippen LogP contribution < -0.4 is 9.64 Å². The molecule has 1 fully saturated rings. The van der Waals surface area contributed by atoms with E-state index in [0.717, 1.165) is 23.1 Å². The molecule has 0 radical (unpaired) electrons. The van der Waals surface area contributed by atoms with Gasteiger partial charge in [0.1, 0.15) is 11.6 Å². The maximum atomic E-state index is 12.8. The molecule has 0 spiro atoms. The predicted octanol–water partition coefficient (Wildman–Crippen LogP) is 4.83. The number of ether oxygens (including phenoxy) is 1. The summed E-state index contributed by atoms with van der Waals surface area (Å²) in [5.41, 5.74) is 0.639. The second-order valence-electron chi connectivity index (χ2n) is 5.93. The van der Waals surface area contributed by atoms with Crippen molar-refractivity contribution in [2.24, 2.45) is 0 Å². The molecule has 1 aliphatic rings. The Balaban J connectivity index is 1.71. The van der Waals surface area contributed by atoms with Crippen LogP contribution in [0.4, 0.5) is 5.82 Å². The molecule has 4 nitrogen and oxygen atoms in total. The second-order valence-corrected chi connectivity index (χ2v) is 6.85. The molecular formula is C19H21BrN2O2. The van der Waals surface area contributed by atoms with Gasteiger partial charge in [-0.05, 0) is 84.9 Å². The van der Waals surface area contributed by atoms with Crippen LogP contribution in [-0.4, -0.2) is 23.5 Å². The first-order valence-corrected chi connectivity index (χ1v) is 9.17. The number of aromatic nitrogens is 1. The summed E-state index contributed by atoms with van der Waals surface area (Å²) in [6.45, 7) is 2.51. The van der Waals surface area contributed by atoms with E-state index < -0.39 is 0 Å². The minimum Gasteiger partial charge on any atom is -0.490 e. The molecule has 0 unspecified atom stereocenters. The summed E-state index contributed by atoms with van der Waals surface area (Å²) in [5.74, 6) is 1.43. The smallest absolute Gasteiger partial charge is 0.259 e. The first-order valence-electron chi connectivity index (χ1n) is 8.37. The van der Waals surface area contributed by atoms with Gasteiger partial charge in [0.25, 0.3) is 5.91 Å². The molecule has 3 rings (SSSR count). The summed E-state index contributed by atoms with van der Waals surface area (Å²) in [6, 6.07) is 11.1. The van der Waals surface area contributed by atoms with Gasteiger partial charge in [-0.1, -0.05) is 0 Å². The number of pyridine rings is 1. The lowest BCUT2D eigenvalue weighted by Gasteiger charge is -2.20. The number of carbonyl (C=O) groups excluding carboxylic acids is 1. The molecule has 0 atom stereocenters. The highest BCUT2D eigenvalue weighted by Crippen LogP contribution is 2.25. The standard InChI is InChI=1S/C19H21BrN2O2/c1-2-22(18-12-9-15(20)13-21-18)19(23)14-7-10-17(11-8-14)24-16-5-3-4-6-16/h7-13,16H,2-6H2,1H3. The monoisotopic (exact) mass is 388 g/mol. The van der Waals surface area contributed by atoms with Gasteiger partial charge in [-0.3, -0.25) is 9.69 Å². The minimum absolute atomic E-state index is 0.0558. The molecule has 24 heavy (non-hydrogen) atoms. The van der Waals surface area contributed by atoms with Crippen LogP contribution in [0.5, 0.6) is 5.75 Å². The molecule has 1 saturated carbocycles. The van der Waals surface area contributed by atoms with Gasteiger partial charge in [-0.15, -0.1) is 0 Å². The maximum absolute atomic E-state index is 12.8. The Labute approximate surface area is 151 Å². The zero-order valence-electron chi connectivity index (χ0n) is 13.7. The maximum Gasteiger partial charge on any atom is 0.259 e. The Hall–Kier alpha value is -1.88. The molecule has 1 heterocycles. The van der Waals surface area contributed by atoms with Crippen molar-refractivity contribution in [3.05, 3.63) is 52.6 Å². The molecule has 5 heteroatoms. The van der Waals surface area contributed by atoms with Gasteiger partial charge in [0.15, 0.2) is 0 Å². The molecule has 1 aromatic heterocycles. The van der Waals surface area contributed by atoms with Crippen LogP contribution in [-0.2, 0) is 0 Å². The average Bonchev–Trinajstić information content (AvgIpc) is 3.11. The third-order valence-corrected chi connectivity index (χ3v) is 4.73. The van der Waals surface area contributed by atoms with Gasteiger partial charge in [-0.25, -0.2) is 4.98 Å². The Morgan fingerprint density at radius 2 is 1.92 bits per heavy atom. The summed E-state index contributed by atoms with van der Waals surface area (Å²) >= 11 is 3.36. The summed E-state index contributed by atoms with van der Waals surface area (Å²) < 4.78 is 6.84. The molecule has 0 bridgehead atoms. The lowest BCUT2D eigenvalue weighted by atomic mass is 10.2. The number of amides is 1. The van der Waals surface area contributed by atoms with Gasteiger partial charge >= 0.3 is 0 Å². The summed E-state index contributed by atoms with van der Waals surface area (Å²) in [6.07, 6.45) is 6.76. The number of halogens is 1. The second kappa shape index (κ2) is 7.79. The highest BCUT2D eigenvalue weighted by molar-refractivity contribution is 9.10. The Bertz CT molecular complexity index is 680. The quantitative estimate of drug-likeness (QED) is 0.736. The van der Waals surface area contributed by atoms with Crippen LogP contribution in [0, 0.1) is 0 Å². The SMILES string of the molecule is CCN(C(=O)c1ccc(OC2CCCC2)cc1)c1ccc(Br)cn1. The van der Waals surface area contributed by atoms with Crippen molar-refractivity contribution in [3.63, 3.8) is 0 Å².